The van der Waals surface area contributed by atoms with Crippen molar-refractivity contribution in [3.63, 3.8) is 0 Å². The van der Waals surface area contributed by atoms with Gasteiger partial charge in [-0.15, -0.1) is 10.2 Å². The van der Waals surface area contributed by atoms with E-state index in [1.807, 2.05) is 30.3 Å². The molecule has 0 radical (unpaired) electrons. The third-order valence-electron chi connectivity index (χ3n) is 5.83. The van der Waals surface area contributed by atoms with Gasteiger partial charge in [0.2, 0.25) is 11.7 Å². The van der Waals surface area contributed by atoms with E-state index in [1.54, 1.807) is 36.1 Å². The van der Waals surface area contributed by atoms with Crippen LogP contribution in [0.4, 0.5) is 4.39 Å². The smallest absolute Gasteiger partial charge is 0.213 e. The molecular formula is C26H20ClFN6O3. The van der Waals surface area contributed by atoms with Gasteiger partial charge in [0.25, 0.3) is 0 Å². The molecule has 2 aliphatic rings. The van der Waals surface area contributed by atoms with Crippen LogP contribution >= 0.6 is 11.6 Å². The van der Waals surface area contributed by atoms with E-state index in [-0.39, 0.29) is 30.5 Å². The van der Waals surface area contributed by atoms with Crippen molar-refractivity contribution in [2.75, 3.05) is 7.11 Å². The third kappa shape index (κ3) is 5.04. The first-order valence-corrected chi connectivity index (χ1v) is 11.8. The van der Waals surface area contributed by atoms with Crippen molar-refractivity contribution in [1.82, 2.24) is 30.6 Å². The summed E-state index contributed by atoms with van der Waals surface area (Å²) in [5.74, 6) is 7.18. The number of aromatic nitrogens is 4. The molecular weight excluding hydrogens is 499 g/mol. The fraction of sp³-hybridized carbons (Fsp3) is 0.192. The Hall–Kier alpha value is -3.85. The summed E-state index contributed by atoms with van der Waals surface area (Å²) in [5.41, 5.74) is 8.49. The number of pyridine rings is 1. The summed E-state index contributed by atoms with van der Waals surface area (Å²) >= 11 is 6.47. The summed E-state index contributed by atoms with van der Waals surface area (Å²) in [6.07, 6.45) is 0.714. The van der Waals surface area contributed by atoms with Crippen LogP contribution in [0.3, 0.4) is 0 Å². The highest BCUT2D eigenvalue weighted by Crippen LogP contribution is 2.37. The van der Waals surface area contributed by atoms with Crippen LogP contribution in [-0.4, -0.2) is 45.4 Å². The third-order valence-corrected chi connectivity index (χ3v) is 6.15. The van der Waals surface area contributed by atoms with Crippen LogP contribution in [0.5, 0.6) is 5.88 Å². The number of nitrogens with one attached hydrogen (secondary N) is 2. The summed E-state index contributed by atoms with van der Waals surface area (Å²) in [6, 6.07) is 17.0. The van der Waals surface area contributed by atoms with Crippen molar-refractivity contribution in [3.05, 3.63) is 89.1 Å². The van der Waals surface area contributed by atoms with Gasteiger partial charge in [-0.05, 0) is 53.9 Å². The molecule has 0 bridgehead atoms. The molecule has 4 aromatic rings. The molecule has 2 fully saturated rings. The zero-order valence-corrected chi connectivity index (χ0v) is 20.2. The van der Waals surface area contributed by atoms with E-state index in [0.29, 0.717) is 33.8 Å². The van der Waals surface area contributed by atoms with E-state index in [9.17, 15) is 4.39 Å². The predicted octanol–water partition coefficient (Wildman–Crippen LogP) is 3.40. The van der Waals surface area contributed by atoms with E-state index in [1.165, 1.54) is 12.1 Å². The number of benzene rings is 2. The molecule has 0 spiro atoms. The predicted molar refractivity (Wildman–Crippen MR) is 132 cm³/mol. The lowest BCUT2D eigenvalue weighted by Gasteiger charge is -2.10. The van der Waals surface area contributed by atoms with E-state index in [0.717, 1.165) is 5.56 Å². The van der Waals surface area contributed by atoms with Gasteiger partial charge in [0, 0.05) is 17.8 Å². The Morgan fingerprint density at radius 3 is 2.65 bits per heavy atom. The highest BCUT2D eigenvalue weighted by molar-refractivity contribution is 6.32. The second kappa shape index (κ2) is 9.89. The highest BCUT2D eigenvalue weighted by atomic mass is 35.5. The minimum absolute atomic E-state index is 0.105. The number of nitrogens with zero attached hydrogens (tertiary/aromatic N) is 4. The first kappa shape index (κ1) is 23.5. The lowest BCUT2D eigenvalue weighted by molar-refractivity contribution is 0.283. The molecule has 0 saturated carbocycles. The molecule has 11 heteroatoms. The van der Waals surface area contributed by atoms with Crippen LogP contribution in [-0.2, 0) is 9.47 Å². The summed E-state index contributed by atoms with van der Waals surface area (Å²) in [6.45, 7) is 0. The molecule has 186 valence electrons. The van der Waals surface area contributed by atoms with Crippen LogP contribution in [0.1, 0.15) is 17.5 Å². The second-order valence-electron chi connectivity index (χ2n) is 8.29. The minimum Gasteiger partial charge on any atom is -0.481 e. The molecule has 4 atom stereocenters. The van der Waals surface area contributed by atoms with Crippen LogP contribution in [0.25, 0.3) is 17.1 Å². The number of hydrogen-bond donors (Lipinski definition) is 2. The first-order chi connectivity index (χ1) is 18.1. The summed E-state index contributed by atoms with van der Waals surface area (Å²) in [4.78, 5) is 4.10. The summed E-state index contributed by atoms with van der Waals surface area (Å²) < 4.78 is 31.7. The van der Waals surface area contributed by atoms with Gasteiger partial charge in [0.05, 0.1) is 17.8 Å². The number of methoxy groups -OCH3 is 1. The Bertz CT molecular complexity index is 1500. The summed E-state index contributed by atoms with van der Waals surface area (Å²) in [5, 5.41) is 9.06. The number of rotatable bonds is 7. The minimum atomic E-state index is -0.351. The van der Waals surface area contributed by atoms with Gasteiger partial charge in [0.1, 0.15) is 11.9 Å². The van der Waals surface area contributed by atoms with Gasteiger partial charge in [-0.2, -0.15) is 0 Å². The first-order valence-electron chi connectivity index (χ1n) is 11.4. The molecule has 4 unspecified atom stereocenters. The van der Waals surface area contributed by atoms with Crippen molar-refractivity contribution in [2.45, 2.75) is 24.7 Å². The maximum atomic E-state index is 13.5. The van der Waals surface area contributed by atoms with Crippen LogP contribution in [0.2, 0.25) is 5.02 Å². The molecule has 2 N–H and O–H groups in total. The summed E-state index contributed by atoms with van der Waals surface area (Å²) in [7, 11) is 1.57. The monoisotopic (exact) mass is 518 g/mol. The van der Waals surface area contributed by atoms with Crippen molar-refractivity contribution in [3.8, 4) is 34.8 Å². The molecule has 37 heavy (non-hydrogen) atoms. The zero-order chi connectivity index (χ0) is 25.4. The van der Waals surface area contributed by atoms with Crippen molar-refractivity contribution in [2.24, 2.45) is 0 Å². The average molecular weight is 519 g/mol. The van der Waals surface area contributed by atoms with Crippen molar-refractivity contribution < 1.29 is 18.6 Å². The number of hydrogen-bond acceptors (Lipinski definition) is 8. The van der Waals surface area contributed by atoms with Gasteiger partial charge < -0.3 is 14.2 Å². The normalized spacial score (nSPS) is 21.7. The van der Waals surface area contributed by atoms with Crippen LogP contribution < -0.4 is 15.6 Å². The molecule has 2 aromatic carbocycles. The SMILES string of the molecule is COc1cc(C2OC2NNC2OC2C#Cc2nnc(-c3ccc(F)cc3)n2-c2ccccc2Cl)ccn1. The number of para-hydroxylation sites is 1. The zero-order valence-electron chi connectivity index (χ0n) is 19.4. The van der Waals surface area contributed by atoms with Gasteiger partial charge >= 0.3 is 0 Å². The van der Waals surface area contributed by atoms with Gasteiger partial charge in [0.15, 0.2) is 24.4 Å². The second-order valence-corrected chi connectivity index (χ2v) is 8.69. The molecule has 2 aliphatic heterocycles. The molecule has 4 heterocycles. The molecule has 2 aromatic heterocycles. The van der Waals surface area contributed by atoms with Crippen molar-refractivity contribution >= 4 is 11.6 Å². The standard InChI is InChI=1S/C26H20ClFN6O3/c1-35-22-14-16(12-13-29-22)23-26(37-23)33-32-25-20(36-25)10-11-21-30-31-24(15-6-8-17(28)9-7-15)34(21)19-5-3-2-4-18(19)27/h2-9,12-14,20,23,25-26,32-33H,1H3. The lowest BCUT2D eigenvalue weighted by Crippen LogP contribution is -2.37. The Morgan fingerprint density at radius 1 is 1.03 bits per heavy atom. The average Bonchev–Trinajstić information content (AvgIpc) is 3.83. The van der Waals surface area contributed by atoms with E-state index >= 15 is 0 Å². The number of ether oxygens (including phenoxy) is 3. The van der Waals surface area contributed by atoms with Crippen LogP contribution in [0, 0.1) is 17.7 Å². The quantitative estimate of drug-likeness (QED) is 0.218. The van der Waals surface area contributed by atoms with Gasteiger partial charge in [-0.3, -0.25) is 4.57 Å². The fourth-order valence-corrected chi connectivity index (χ4v) is 4.05. The number of hydrazine groups is 1. The topological polar surface area (TPSA) is 102 Å². The molecule has 6 rings (SSSR count). The maximum absolute atomic E-state index is 13.5. The largest absolute Gasteiger partial charge is 0.481 e. The Kier molecular flexibility index (Phi) is 6.30. The Balaban J connectivity index is 1.14. The van der Waals surface area contributed by atoms with Gasteiger partial charge in [-0.1, -0.05) is 29.7 Å². The lowest BCUT2D eigenvalue weighted by atomic mass is 10.2. The number of epoxide rings is 2. The van der Waals surface area contributed by atoms with Gasteiger partial charge in [-0.25, -0.2) is 20.2 Å². The molecule has 2 saturated heterocycles. The molecule has 0 amide bonds. The number of halogens is 2. The highest BCUT2D eigenvalue weighted by Gasteiger charge is 2.44. The molecule has 9 nitrogen and oxygen atoms in total. The van der Waals surface area contributed by atoms with Crippen molar-refractivity contribution in [1.29, 1.82) is 0 Å². The fourth-order valence-electron chi connectivity index (χ4n) is 3.83. The van der Waals surface area contributed by atoms with E-state index in [2.05, 4.69) is 37.9 Å². The maximum Gasteiger partial charge on any atom is 0.213 e. The Morgan fingerprint density at radius 2 is 1.84 bits per heavy atom. The van der Waals surface area contributed by atoms with Crippen LogP contribution in [0.15, 0.2) is 66.9 Å². The Labute approximate surface area is 216 Å². The van der Waals surface area contributed by atoms with E-state index < -0.39 is 0 Å². The van der Waals surface area contributed by atoms with E-state index in [4.69, 9.17) is 25.8 Å². The molecule has 0 aliphatic carbocycles.